The van der Waals surface area contributed by atoms with E-state index >= 15 is 0 Å². The second-order valence-electron chi connectivity index (χ2n) is 8.58. The first-order valence-corrected chi connectivity index (χ1v) is 10.1. The predicted octanol–water partition coefficient (Wildman–Crippen LogP) is 6.40. The summed E-state index contributed by atoms with van der Waals surface area (Å²) in [6.45, 7) is 14.5. The van der Waals surface area contributed by atoms with Crippen LogP contribution in [0.4, 0.5) is 0 Å². The first-order chi connectivity index (χ1) is 13.7. The Balaban J connectivity index is 1.70. The fourth-order valence-corrected chi connectivity index (χ4v) is 3.77. The number of hydrogen-bond acceptors (Lipinski definition) is 2. The molecule has 3 aromatic rings. The second-order valence-corrected chi connectivity index (χ2v) is 8.58. The van der Waals surface area contributed by atoms with Crippen LogP contribution in [-0.4, -0.2) is 22.9 Å². The van der Waals surface area contributed by atoms with Gasteiger partial charge in [-0.25, -0.2) is 0 Å². The van der Waals surface area contributed by atoms with Crippen molar-refractivity contribution in [1.29, 1.82) is 0 Å². The molecule has 4 rings (SSSR count). The van der Waals surface area contributed by atoms with Crippen LogP contribution in [0.3, 0.4) is 0 Å². The highest BCUT2D eigenvalue weighted by molar-refractivity contribution is 6.55. The van der Waals surface area contributed by atoms with Crippen LogP contribution in [0.25, 0.3) is 27.5 Å². The third-order valence-corrected chi connectivity index (χ3v) is 6.16. The molecule has 4 heteroatoms. The van der Waals surface area contributed by atoms with E-state index in [0.29, 0.717) is 0 Å². The van der Waals surface area contributed by atoms with Crippen molar-refractivity contribution in [3.63, 3.8) is 0 Å². The zero-order valence-electron chi connectivity index (χ0n) is 17.9. The van der Waals surface area contributed by atoms with Crippen molar-refractivity contribution < 1.29 is 9.31 Å². The zero-order valence-corrected chi connectivity index (χ0v) is 17.9. The topological polar surface area (TPSA) is 23.4 Å². The molecule has 1 aliphatic rings. The molecule has 0 atom stereocenters. The highest BCUT2D eigenvalue weighted by atomic mass is 16.7. The Hall–Kier alpha value is -2.56. The van der Waals surface area contributed by atoms with E-state index in [-0.39, 0.29) is 11.2 Å². The molecule has 0 saturated carbocycles. The molecular weight excluding hydrogens is 357 g/mol. The van der Waals surface area contributed by atoms with Gasteiger partial charge in [0.1, 0.15) is 0 Å². The van der Waals surface area contributed by atoms with Gasteiger partial charge < -0.3 is 13.9 Å². The summed E-state index contributed by atoms with van der Waals surface area (Å²) in [5.74, 6) is 0. The van der Waals surface area contributed by atoms with E-state index in [1.807, 2.05) is 6.08 Å². The average Bonchev–Trinajstić information content (AvgIpc) is 3.13. The smallest absolute Gasteiger partial charge is 0.399 e. The summed E-state index contributed by atoms with van der Waals surface area (Å²) in [6, 6.07) is 17.0. The van der Waals surface area contributed by atoms with Crippen molar-refractivity contribution >= 4 is 34.6 Å². The average molecular weight is 385 g/mol. The number of hydrogen-bond donors (Lipinski definition) is 0. The van der Waals surface area contributed by atoms with Gasteiger partial charge in [-0.3, -0.25) is 0 Å². The molecule has 3 nitrogen and oxygen atoms in total. The van der Waals surface area contributed by atoms with E-state index in [4.69, 9.17) is 9.31 Å². The number of rotatable bonds is 4. The standard InChI is InChI=1S/C25H28BNO2/c1-7-19(17-16-18(2)26-28-24(3,4)25(5,6)29-26)27-22-14-10-8-12-20(22)21-13-9-11-15-23(21)27/h7-17H,2H2,1,3-6H3/b17-16-,19-7+. The SMILES string of the molecule is C=C(/C=C\C(=C/C)n1c2ccccc2c2ccccc21)B1OC(C)(C)C(C)(C)O1. The van der Waals surface area contributed by atoms with Gasteiger partial charge in [0, 0.05) is 16.5 Å². The van der Waals surface area contributed by atoms with Crippen LogP contribution in [-0.2, 0) is 9.31 Å². The van der Waals surface area contributed by atoms with Gasteiger partial charge >= 0.3 is 7.12 Å². The molecule has 2 aromatic carbocycles. The number of para-hydroxylation sites is 2. The molecule has 0 radical (unpaired) electrons. The summed E-state index contributed by atoms with van der Waals surface area (Å²) in [5, 5.41) is 2.50. The summed E-state index contributed by atoms with van der Waals surface area (Å²) in [4.78, 5) is 0. The maximum absolute atomic E-state index is 6.12. The summed E-state index contributed by atoms with van der Waals surface area (Å²) in [5.41, 5.74) is 3.53. The molecule has 1 fully saturated rings. The van der Waals surface area contributed by atoms with Gasteiger partial charge in [0.05, 0.1) is 22.2 Å². The van der Waals surface area contributed by atoms with Crippen molar-refractivity contribution in [1.82, 2.24) is 4.57 Å². The molecule has 29 heavy (non-hydrogen) atoms. The summed E-state index contributed by atoms with van der Waals surface area (Å²) < 4.78 is 14.5. The van der Waals surface area contributed by atoms with Gasteiger partial charge in [-0.2, -0.15) is 0 Å². The number of aromatic nitrogens is 1. The molecule has 148 valence electrons. The fourth-order valence-electron chi connectivity index (χ4n) is 3.77. The minimum Gasteiger partial charge on any atom is -0.399 e. The van der Waals surface area contributed by atoms with Gasteiger partial charge in [0.2, 0.25) is 0 Å². The number of benzene rings is 2. The summed E-state index contributed by atoms with van der Waals surface area (Å²) in [6.07, 6.45) is 6.21. The Morgan fingerprint density at radius 1 is 0.862 bits per heavy atom. The van der Waals surface area contributed by atoms with Crippen molar-refractivity contribution in [2.24, 2.45) is 0 Å². The third-order valence-electron chi connectivity index (χ3n) is 6.16. The van der Waals surface area contributed by atoms with E-state index in [9.17, 15) is 0 Å². The summed E-state index contributed by atoms with van der Waals surface area (Å²) in [7, 11) is -0.437. The van der Waals surface area contributed by atoms with Crippen LogP contribution in [0.1, 0.15) is 34.6 Å². The van der Waals surface area contributed by atoms with Crippen LogP contribution >= 0.6 is 0 Å². The molecular formula is C25H28BNO2. The largest absolute Gasteiger partial charge is 0.494 e. The van der Waals surface area contributed by atoms with Crippen LogP contribution < -0.4 is 0 Å². The molecule has 0 spiro atoms. The van der Waals surface area contributed by atoms with Crippen molar-refractivity contribution in [3.05, 3.63) is 78.8 Å². The maximum Gasteiger partial charge on any atom is 0.494 e. The Kier molecular flexibility index (Phi) is 4.80. The molecule has 2 heterocycles. The monoisotopic (exact) mass is 385 g/mol. The maximum atomic E-state index is 6.12. The van der Waals surface area contributed by atoms with Gasteiger partial charge in [-0.05, 0) is 58.3 Å². The highest BCUT2D eigenvalue weighted by Gasteiger charge is 2.51. The van der Waals surface area contributed by atoms with Gasteiger partial charge in [0.25, 0.3) is 0 Å². The molecule has 0 N–H and O–H groups in total. The third kappa shape index (κ3) is 3.27. The second kappa shape index (κ2) is 7.05. The van der Waals surface area contributed by atoms with Crippen LogP contribution in [0.5, 0.6) is 0 Å². The van der Waals surface area contributed by atoms with Crippen LogP contribution in [0.15, 0.2) is 78.8 Å². The lowest BCUT2D eigenvalue weighted by Gasteiger charge is -2.32. The number of fused-ring (bicyclic) bond motifs is 3. The fraction of sp³-hybridized carbons (Fsp3) is 0.280. The number of allylic oxidation sites excluding steroid dienone is 5. The minimum atomic E-state index is -0.437. The molecule has 0 unspecified atom stereocenters. The first-order valence-electron chi connectivity index (χ1n) is 10.1. The van der Waals surface area contributed by atoms with Crippen molar-refractivity contribution in [3.8, 4) is 0 Å². The van der Waals surface area contributed by atoms with Crippen LogP contribution in [0, 0.1) is 0 Å². The normalized spacial score (nSPS) is 18.9. The van der Waals surface area contributed by atoms with E-state index < -0.39 is 7.12 Å². The molecule has 1 saturated heterocycles. The molecule has 0 amide bonds. The lowest BCUT2D eigenvalue weighted by Crippen LogP contribution is -2.41. The van der Waals surface area contributed by atoms with Gasteiger partial charge in [0.15, 0.2) is 0 Å². The molecule has 1 aliphatic heterocycles. The Morgan fingerprint density at radius 3 is 1.83 bits per heavy atom. The molecule has 0 aliphatic carbocycles. The quantitative estimate of drug-likeness (QED) is 0.383. The Bertz CT molecular complexity index is 1080. The van der Waals surface area contributed by atoms with E-state index in [1.165, 1.54) is 21.8 Å². The molecule has 0 bridgehead atoms. The lowest BCUT2D eigenvalue weighted by atomic mass is 9.79. The summed E-state index contributed by atoms with van der Waals surface area (Å²) >= 11 is 0. The van der Waals surface area contributed by atoms with Gasteiger partial charge in [-0.15, -0.1) is 0 Å². The Morgan fingerprint density at radius 2 is 1.34 bits per heavy atom. The van der Waals surface area contributed by atoms with E-state index in [0.717, 1.165) is 11.2 Å². The predicted molar refractivity (Wildman–Crippen MR) is 124 cm³/mol. The van der Waals surface area contributed by atoms with E-state index in [1.54, 1.807) is 0 Å². The highest BCUT2D eigenvalue weighted by Crippen LogP contribution is 2.38. The minimum absolute atomic E-state index is 0.370. The zero-order chi connectivity index (χ0) is 20.8. The van der Waals surface area contributed by atoms with Crippen molar-refractivity contribution in [2.75, 3.05) is 0 Å². The number of nitrogens with zero attached hydrogens (tertiary/aromatic N) is 1. The van der Waals surface area contributed by atoms with Crippen LogP contribution in [0.2, 0.25) is 0 Å². The first kappa shape index (κ1) is 19.7. The molecule has 1 aromatic heterocycles. The van der Waals surface area contributed by atoms with Gasteiger partial charge in [-0.1, -0.05) is 55.1 Å². The Labute approximate surface area is 173 Å². The lowest BCUT2D eigenvalue weighted by molar-refractivity contribution is 0.00578. The van der Waals surface area contributed by atoms with Crippen molar-refractivity contribution in [2.45, 2.75) is 45.8 Å². The van der Waals surface area contributed by atoms with E-state index in [2.05, 4.69) is 106 Å².